The molecular formula is C77H106N2O19. The van der Waals surface area contributed by atoms with E-state index < -0.39 is 0 Å². The van der Waals surface area contributed by atoms with Gasteiger partial charge in [0.05, 0.1) is 229 Å². The number of nitrogens with zero attached hydrogens (tertiary/aromatic N) is 1. The molecule has 0 aliphatic heterocycles. The summed E-state index contributed by atoms with van der Waals surface area (Å²) in [5.41, 5.74) is 11.6. The van der Waals surface area contributed by atoms with E-state index in [2.05, 4.69) is 114 Å². The van der Waals surface area contributed by atoms with Crippen molar-refractivity contribution in [1.29, 1.82) is 0 Å². The quantitative estimate of drug-likeness (QED) is 0.0352. The highest BCUT2D eigenvalue weighted by Crippen LogP contribution is 2.38. The molecule has 0 saturated heterocycles. The monoisotopic (exact) mass is 1360 g/mol. The Morgan fingerprint density at radius 3 is 0.888 bits per heavy atom. The number of rotatable bonds is 60. The van der Waals surface area contributed by atoms with Crippen LogP contribution in [0.5, 0.6) is 5.75 Å². The average Bonchev–Trinajstić information content (AvgIpc) is 1.58. The van der Waals surface area contributed by atoms with Crippen LogP contribution in [0.1, 0.15) is 0 Å². The van der Waals surface area contributed by atoms with Crippen LogP contribution in [0.25, 0.3) is 66.9 Å². The van der Waals surface area contributed by atoms with Gasteiger partial charge >= 0.3 is 0 Å². The number of nitrogens with one attached hydrogen (secondary N) is 1. The van der Waals surface area contributed by atoms with E-state index in [1.165, 1.54) is 11.1 Å². The highest BCUT2D eigenvalue weighted by molar-refractivity contribution is 6.02. The van der Waals surface area contributed by atoms with Crippen molar-refractivity contribution in [2.45, 2.75) is 0 Å². The van der Waals surface area contributed by atoms with Crippen molar-refractivity contribution in [2.75, 3.05) is 246 Å². The van der Waals surface area contributed by atoms with Crippen LogP contribution in [0, 0.1) is 17.8 Å². The zero-order valence-electron chi connectivity index (χ0n) is 58.1. The minimum absolute atomic E-state index is 0.0939. The maximum Gasteiger partial charge on any atom is 0.138 e. The van der Waals surface area contributed by atoms with Crippen LogP contribution in [0.15, 0.2) is 146 Å². The Morgan fingerprint density at radius 2 is 0.531 bits per heavy atom. The Bertz CT molecular complexity index is 2830. The summed E-state index contributed by atoms with van der Waals surface area (Å²) in [6, 6.07) is 50.7. The summed E-state index contributed by atoms with van der Waals surface area (Å²) in [6.07, 6.45) is 0. The molecule has 0 aliphatic rings. The fraction of sp³-hybridized carbons (Fsp3) is 0.519. The van der Waals surface area contributed by atoms with Gasteiger partial charge < -0.3 is 95.0 Å². The Balaban J connectivity index is 1.04. The Kier molecular flexibility index (Phi) is 41.3. The van der Waals surface area contributed by atoms with Gasteiger partial charge in [0, 0.05) is 62.9 Å². The van der Waals surface area contributed by atoms with Crippen LogP contribution in [0.4, 0.5) is 0 Å². The Morgan fingerprint density at radius 1 is 0.255 bits per heavy atom. The van der Waals surface area contributed by atoms with Gasteiger partial charge in [-0.05, 0) is 57.6 Å². The largest absolute Gasteiger partial charge is 0.493 e. The molecule has 7 aromatic rings. The Labute approximate surface area is 580 Å². The number of imidazole rings is 1. The third kappa shape index (κ3) is 31.6. The number of ether oxygens (including phenoxy) is 19. The number of aromatic nitrogens is 2. The lowest BCUT2D eigenvalue weighted by Gasteiger charge is -2.23. The maximum absolute atomic E-state index is 6.62. The molecule has 0 spiro atoms. The second-order valence-corrected chi connectivity index (χ2v) is 23.0. The summed E-state index contributed by atoms with van der Waals surface area (Å²) in [5.74, 6) is 1.05. The summed E-state index contributed by atoms with van der Waals surface area (Å²) in [4.78, 5) is 9.11. The van der Waals surface area contributed by atoms with Crippen LogP contribution in [0.2, 0.25) is 0 Å². The van der Waals surface area contributed by atoms with Gasteiger partial charge in [0.25, 0.3) is 0 Å². The van der Waals surface area contributed by atoms with Crippen LogP contribution in [-0.4, -0.2) is 256 Å². The van der Waals surface area contributed by atoms with Crippen LogP contribution >= 0.6 is 0 Å². The second kappa shape index (κ2) is 51.1. The molecule has 1 heterocycles. The molecular weight excluding hydrogens is 1260 g/mol. The van der Waals surface area contributed by atoms with Gasteiger partial charge in [0.1, 0.15) is 11.6 Å². The van der Waals surface area contributed by atoms with E-state index in [0.29, 0.717) is 224 Å². The molecule has 0 amide bonds. The smallest absolute Gasteiger partial charge is 0.138 e. The molecule has 6 aromatic carbocycles. The molecule has 21 nitrogen and oxygen atoms in total. The number of hydrogen-bond acceptors (Lipinski definition) is 20. The zero-order valence-corrected chi connectivity index (χ0v) is 58.1. The van der Waals surface area contributed by atoms with Gasteiger partial charge in [-0.3, -0.25) is 0 Å². The SMILES string of the molecule is COCCOCCOCCOCC(COCCOCCOCCOC)COCC(COCC(COCCOCCOCCOC)COCCOCCOCCOC)COc1ccc(-c2nc3c(-c4ccc(-c5ccccc5)cc4)ccc(-c4ccc(-c5ccccc5)cc4)c3[nH]2)cc1. The fourth-order valence-electron chi connectivity index (χ4n) is 10.1. The molecule has 0 fully saturated rings. The first-order valence-corrected chi connectivity index (χ1v) is 34.2. The van der Waals surface area contributed by atoms with Crippen molar-refractivity contribution in [3.05, 3.63) is 146 Å². The van der Waals surface area contributed by atoms with E-state index in [0.717, 1.165) is 55.8 Å². The minimum Gasteiger partial charge on any atom is -0.493 e. The number of H-pyrrole nitrogens is 1. The number of methoxy groups -OCH3 is 4. The van der Waals surface area contributed by atoms with Crippen molar-refractivity contribution < 1.29 is 90.0 Å². The van der Waals surface area contributed by atoms with Gasteiger partial charge in [-0.25, -0.2) is 4.98 Å². The first-order valence-electron chi connectivity index (χ1n) is 34.2. The lowest BCUT2D eigenvalue weighted by atomic mass is 9.95. The van der Waals surface area contributed by atoms with Crippen LogP contribution in [-0.2, 0) is 85.3 Å². The summed E-state index contributed by atoms with van der Waals surface area (Å²) in [5, 5.41) is 0. The number of benzene rings is 6. The molecule has 1 aromatic heterocycles. The predicted octanol–water partition coefficient (Wildman–Crippen LogP) is 10.9. The summed E-state index contributed by atoms with van der Waals surface area (Å²) in [7, 11) is 6.59. The van der Waals surface area contributed by atoms with Crippen molar-refractivity contribution >= 4 is 11.0 Å². The number of aromatic amines is 1. The van der Waals surface area contributed by atoms with E-state index in [9.17, 15) is 0 Å². The maximum atomic E-state index is 6.62. The molecule has 0 radical (unpaired) electrons. The highest BCUT2D eigenvalue weighted by Gasteiger charge is 2.20. The third-order valence-corrected chi connectivity index (χ3v) is 15.4. The van der Waals surface area contributed by atoms with Crippen LogP contribution in [0.3, 0.4) is 0 Å². The van der Waals surface area contributed by atoms with E-state index in [4.69, 9.17) is 95.0 Å². The van der Waals surface area contributed by atoms with E-state index in [-0.39, 0.29) is 17.8 Å². The minimum atomic E-state index is -0.187. The molecule has 7 rings (SSSR count). The van der Waals surface area contributed by atoms with Gasteiger partial charge in [0.15, 0.2) is 0 Å². The van der Waals surface area contributed by atoms with Crippen molar-refractivity contribution in [3.63, 3.8) is 0 Å². The first kappa shape index (κ1) is 79.2. The van der Waals surface area contributed by atoms with Crippen LogP contribution < -0.4 is 4.74 Å². The predicted molar refractivity (Wildman–Crippen MR) is 378 cm³/mol. The molecule has 0 unspecified atom stereocenters. The first-order chi connectivity index (χ1) is 48.6. The highest BCUT2D eigenvalue weighted by atomic mass is 16.6. The summed E-state index contributed by atoms with van der Waals surface area (Å²) < 4.78 is 110. The Hall–Kier alpha value is -6.13. The number of hydrogen-bond donors (Lipinski definition) is 1. The molecule has 0 saturated carbocycles. The molecule has 0 atom stereocenters. The van der Waals surface area contributed by atoms with Crippen molar-refractivity contribution in [1.82, 2.24) is 9.97 Å². The molecule has 98 heavy (non-hydrogen) atoms. The number of fused-ring (bicyclic) bond motifs is 1. The average molecular weight is 1360 g/mol. The van der Waals surface area contributed by atoms with Crippen molar-refractivity contribution in [2.24, 2.45) is 17.8 Å². The fourth-order valence-corrected chi connectivity index (χ4v) is 10.1. The molecule has 538 valence electrons. The van der Waals surface area contributed by atoms with Gasteiger partial charge in [-0.2, -0.15) is 0 Å². The molecule has 1 N–H and O–H groups in total. The summed E-state index contributed by atoms with van der Waals surface area (Å²) in [6.45, 7) is 14.5. The van der Waals surface area contributed by atoms with E-state index in [1.54, 1.807) is 28.4 Å². The van der Waals surface area contributed by atoms with E-state index >= 15 is 0 Å². The summed E-state index contributed by atoms with van der Waals surface area (Å²) >= 11 is 0. The molecule has 0 aliphatic carbocycles. The molecule has 0 bridgehead atoms. The zero-order chi connectivity index (χ0) is 68.4. The second-order valence-electron chi connectivity index (χ2n) is 23.0. The topological polar surface area (TPSA) is 204 Å². The normalized spacial score (nSPS) is 11.8. The molecule has 21 heteroatoms. The van der Waals surface area contributed by atoms with Crippen molar-refractivity contribution in [3.8, 4) is 61.6 Å². The van der Waals surface area contributed by atoms with Gasteiger partial charge in [0.2, 0.25) is 0 Å². The van der Waals surface area contributed by atoms with E-state index in [1.807, 2.05) is 36.4 Å². The third-order valence-electron chi connectivity index (χ3n) is 15.4. The standard InChI is InChI=1S/C77H106N2O19/c1-80-29-33-84-37-41-88-45-49-92-53-62(54-93-50-46-89-42-38-85-34-30-81-2)57-96-59-64(60-97-58-63(55-94-51-47-90-43-39-86-35-31-82-3)56-95-52-48-91-44-40-87-36-32-83-4)61-98-72-25-23-71(24-26-72)77-78-75-73(69-19-15-67(16-20-69)65-11-7-5-8-12-65)27-28-74(76(75)79-77)70-21-17-68(18-22-70)66-13-9-6-10-14-66/h5-28,62-64H,29-61H2,1-4H3,(H,78,79). The van der Waals surface area contributed by atoms with Gasteiger partial charge in [-0.15, -0.1) is 0 Å². The lowest BCUT2D eigenvalue weighted by molar-refractivity contribution is -0.0568. The lowest BCUT2D eigenvalue weighted by Crippen LogP contribution is -2.30. The van der Waals surface area contributed by atoms with Gasteiger partial charge in [-0.1, -0.05) is 121 Å².